The summed E-state index contributed by atoms with van der Waals surface area (Å²) >= 11 is 0. The Kier molecular flexibility index (Phi) is 5.95. The molecule has 1 saturated carbocycles. The first-order chi connectivity index (χ1) is 16.8. The van der Waals surface area contributed by atoms with Gasteiger partial charge in [-0.1, -0.05) is 17.3 Å². The van der Waals surface area contributed by atoms with E-state index in [0.29, 0.717) is 24.3 Å². The molecule has 0 aliphatic heterocycles. The second kappa shape index (κ2) is 8.95. The molecular formula is C28H30FN3O3. The summed E-state index contributed by atoms with van der Waals surface area (Å²) in [6.07, 6.45) is 6.92. The molecule has 1 aromatic carbocycles. The standard InChI is InChI=1S/C28H30FN3O3/c1-17-25(18(2)35-31-17)22-13-24-26(30-14-22)23(20-5-7-21(8-6-20)27(33)34-4)16-32(24)15-19-9-11-28(3,29)12-10-19/h5-8,13-14,16,19H,9-12,15H2,1-4H3. The van der Waals surface area contributed by atoms with Gasteiger partial charge in [-0.2, -0.15) is 0 Å². The van der Waals surface area contributed by atoms with Crippen LogP contribution in [-0.4, -0.2) is 33.5 Å². The van der Waals surface area contributed by atoms with Crippen LogP contribution < -0.4 is 0 Å². The molecule has 0 amide bonds. The van der Waals surface area contributed by atoms with Crippen LogP contribution in [-0.2, 0) is 11.3 Å². The lowest BCUT2D eigenvalue weighted by Crippen LogP contribution is -2.27. The van der Waals surface area contributed by atoms with Gasteiger partial charge in [-0.05, 0) is 76.1 Å². The quantitative estimate of drug-likeness (QED) is 0.301. The third-order valence-electron chi connectivity index (χ3n) is 7.26. The Balaban J connectivity index is 1.58. The lowest BCUT2D eigenvalue weighted by Gasteiger charge is -2.31. The topological polar surface area (TPSA) is 70.2 Å². The van der Waals surface area contributed by atoms with Gasteiger partial charge in [0.15, 0.2) is 0 Å². The summed E-state index contributed by atoms with van der Waals surface area (Å²) in [7, 11) is 1.38. The number of fused-ring (bicyclic) bond motifs is 1. The molecule has 4 aromatic rings. The van der Waals surface area contributed by atoms with Crippen molar-refractivity contribution in [2.24, 2.45) is 5.92 Å². The summed E-state index contributed by atoms with van der Waals surface area (Å²) in [6.45, 7) is 6.35. The number of benzene rings is 1. The van der Waals surface area contributed by atoms with Crippen LogP contribution in [0.4, 0.5) is 4.39 Å². The van der Waals surface area contributed by atoms with E-state index in [0.717, 1.165) is 64.1 Å². The van der Waals surface area contributed by atoms with Crippen molar-refractivity contribution in [1.29, 1.82) is 0 Å². The van der Waals surface area contributed by atoms with Gasteiger partial charge >= 0.3 is 5.97 Å². The maximum atomic E-state index is 14.4. The van der Waals surface area contributed by atoms with Gasteiger partial charge in [-0.25, -0.2) is 9.18 Å². The first-order valence-corrected chi connectivity index (χ1v) is 12.1. The van der Waals surface area contributed by atoms with E-state index < -0.39 is 5.67 Å². The number of carbonyl (C=O) groups excluding carboxylic acids is 1. The number of hydrogen-bond acceptors (Lipinski definition) is 5. The van der Waals surface area contributed by atoms with Crippen LogP contribution in [0.3, 0.4) is 0 Å². The van der Waals surface area contributed by atoms with Crippen molar-refractivity contribution in [1.82, 2.24) is 14.7 Å². The molecule has 0 atom stereocenters. The lowest BCUT2D eigenvalue weighted by atomic mass is 9.81. The zero-order valence-corrected chi connectivity index (χ0v) is 20.6. The Morgan fingerprint density at radius 1 is 1.20 bits per heavy atom. The van der Waals surface area contributed by atoms with E-state index in [-0.39, 0.29) is 5.97 Å². The number of hydrogen-bond donors (Lipinski definition) is 0. The van der Waals surface area contributed by atoms with Crippen LogP contribution in [0.1, 0.15) is 54.4 Å². The van der Waals surface area contributed by atoms with Crippen LogP contribution in [0.5, 0.6) is 0 Å². The number of methoxy groups -OCH3 is 1. The average Bonchev–Trinajstić information content (AvgIpc) is 3.38. The summed E-state index contributed by atoms with van der Waals surface area (Å²) in [4.78, 5) is 16.7. The van der Waals surface area contributed by atoms with Crippen molar-refractivity contribution in [3.8, 4) is 22.3 Å². The molecule has 0 bridgehead atoms. The summed E-state index contributed by atoms with van der Waals surface area (Å²) in [5.41, 5.74) is 6.06. The van der Waals surface area contributed by atoms with Gasteiger partial charge in [-0.3, -0.25) is 4.98 Å². The molecule has 0 saturated heterocycles. The highest BCUT2D eigenvalue weighted by atomic mass is 19.1. The molecule has 3 heterocycles. The van der Waals surface area contributed by atoms with Crippen molar-refractivity contribution >= 4 is 17.0 Å². The Morgan fingerprint density at radius 2 is 1.91 bits per heavy atom. The Morgan fingerprint density at radius 3 is 2.54 bits per heavy atom. The van der Waals surface area contributed by atoms with Crippen molar-refractivity contribution in [2.45, 2.75) is 58.7 Å². The molecule has 0 N–H and O–H groups in total. The molecule has 3 aromatic heterocycles. The van der Waals surface area contributed by atoms with E-state index >= 15 is 0 Å². The molecule has 7 heteroatoms. The van der Waals surface area contributed by atoms with E-state index in [1.54, 1.807) is 19.1 Å². The van der Waals surface area contributed by atoms with Gasteiger partial charge in [0.1, 0.15) is 11.4 Å². The zero-order valence-electron chi connectivity index (χ0n) is 20.6. The van der Waals surface area contributed by atoms with Gasteiger partial charge in [0.05, 0.1) is 29.4 Å². The molecule has 1 aliphatic carbocycles. The second-order valence-corrected chi connectivity index (χ2v) is 9.91. The molecule has 0 unspecified atom stereocenters. The van der Waals surface area contributed by atoms with Crippen LogP contribution in [0, 0.1) is 19.8 Å². The third-order valence-corrected chi connectivity index (χ3v) is 7.26. The number of rotatable bonds is 5. The molecule has 1 fully saturated rings. The first-order valence-electron chi connectivity index (χ1n) is 12.1. The zero-order chi connectivity index (χ0) is 24.7. The number of pyridine rings is 1. The normalized spacial score (nSPS) is 20.3. The molecular weight excluding hydrogens is 445 g/mol. The van der Waals surface area contributed by atoms with E-state index in [4.69, 9.17) is 14.2 Å². The number of ether oxygens (including phenoxy) is 1. The lowest BCUT2D eigenvalue weighted by molar-refractivity contribution is 0.0600. The number of esters is 1. The number of carbonyl (C=O) groups is 1. The number of aromatic nitrogens is 3. The smallest absolute Gasteiger partial charge is 0.337 e. The van der Waals surface area contributed by atoms with Crippen molar-refractivity contribution in [3.63, 3.8) is 0 Å². The third kappa shape index (κ3) is 4.47. The Hall–Kier alpha value is -3.48. The maximum Gasteiger partial charge on any atom is 0.337 e. The summed E-state index contributed by atoms with van der Waals surface area (Å²) in [5, 5.41) is 4.10. The van der Waals surface area contributed by atoms with Gasteiger partial charge in [0.2, 0.25) is 0 Å². The number of nitrogens with zero attached hydrogens (tertiary/aromatic N) is 3. The number of halogens is 1. The predicted octanol–water partition coefficient (Wildman–Crippen LogP) is 6.68. The highest BCUT2D eigenvalue weighted by molar-refractivity contribution is 5.96. The molecule has 182 valence electrons. The van der Waals surface area contributed by atoms with Crippen LogP contribution in [0.15, 0.2) is 47.2 Å². The van der Waals surface area contributed by atoms with Gasteiger partial charge in [0, 0.05) is 35.6 Å². The fourth-order valence-corrected chi connectivity index (χ4v) is 5.20. The SMILES string of the molecule is COC(=O)c1ccc(-c2cn(CC3CCC(C)(F)CC3)c3cc(-c4c(C)noc4C)cnc23)cc1. The summed E-state index contributed by atoms with van der Waals surface area (Å²) < 4.78 is 26.9. The summed E-state index contributed by atoms with van der Waals surface area (Å²) in [6, 6.07) is 9.52. The molecule has 6 nitrogen and oxygen atoms in total. The van der Waals surface area contributed by atoms with Crippen LogP contribution in [0.2, 0.25) is 0 Å². The largest absolute Gasteiger partial charge is 0.465 e. The molecule has 1 aliphatic rings. The summed E-state index contributed by atoms with van der Waals surface area (Å²) in [5.74, 6) is 0.806. The molecule has 0 radical (unpaired) electrons. The minimum absolute atomic E-state index is 0.363. The Labute approximate surface area is 204 Å². The van der Waals surface area contributed by atoms with E-state index in [1.807, 2.05) is 32.2 Å². The van der Waals surface area contributed by atoms with Crippen molar-refractivity contribution in [3.05, 3.63) is 59.7 Å². The monoisotopic (exact) mass is 475 g/mol. The number of aryl methyl sites for hydroxylation is 2. The van der Waals surface area contributed by atoms with Crippen molar-refractivity contribution in [2.75, 3.05) is 7.11 Å². The molecule has 35 heavy (non-hydrogen) atoms. The van der Waals surface area contributed by atoms with Gasteiger partial charge in [-0.15, -0.1) is 0 Å². The minimum Gasteiger partial charge on any atom is -0.465 e. The average molecular weight is 476 g/mol. The second-order valence-electron chi connectivity index (χ2n) is 9.91. The maximum absolute atomic E-state index is 14.4. The van der Waals surface area contributed by atoms with E-state index in [9.17, 15) is 9.18 Å². The van der Waals surface area contributed by atoms with E-state index in [2.05, 4.69) is 22.0 Å². The Bertz CT molecular complexity index is 1360. The van der Waals surface area contributed by atoms with Crippen LogP contribution >= 0.6 is 0 Å². The molecule has 5 rings (SSSR count). The highest BCUT2D eigenvalue weighted by Gasteiger charge is 2.31. The van der Waals surface area contributed by atoms with Gasteiger partial charge in [0.25, 0.3) is 0 Å². The van der Waals surface area contributed by atoms with Crippen molar-refractivity contribution < 1.29 is 18.4 Å². The minimum atomic E-state index is -1.06. The van der Waals surface area contributed by atoms with Crippen LogP contribution in [0.25, 0.3) is 33.3 Å². The fourth-order valence-electron chi connectivity index (χ4n) is 5.20. The van der Waals surface area contributed by atoms with E-state index in [1.165, 1.54) is 7.11 Å². The first kappa shape index (κ1) is 23.3. The van der Waals surface area contributed by atoms with Gasteiger partial charge < -0.3 is 13.8 Å². The number of alkyl halides is 1. The predicted molar refractivity (Wildman–Crippen MR) is 133 cm³/mol. The fraction of sp³-hybridized carbons (Fsp3) is 0.393. The molecule has 0 spiro atoms. The highest BCUT2D eigenvalue weighted by Crippen LogP contribution is 2.38.